The zero-order valence-corrected chi connectivity index (χ0v) is 15.9. The van der Waals surface area contributed by atoms with E-state index in [1.54, 1.807) is 43.3 Å². The smallest absolute Gasteiger partial charge is 0.411 e. The van der Waals surface area contributed by atoms with Crippen molar-refractivity contribution in [1.29, 1.82) is 0 Å². The largest absolute Gasteiger partial charge is 0.450 e. The number of fused-ring (bicyclic) bond motifs is 1. The maximum absolute atomic E-state index is 11.9. The third-order valence-electron chi connectivity index (χ3n) is 3.70. The van der Waals surface area contributed by atoms with E-state index in [-0.39, 0.29) is 6.61 Å². The Morgan fingerprint density at radius 2 is 1.81 bits per heavy atom. The van der Waals surface area contributed by atoms with Crippen LogP contribution < -0.4 is 16.3 Å². The fourth-order valence-corrected chi connectivity index (χ4v) is 3.12. The molecule has 0 bridgehead atoms. The van der Waals surface area contributed by atoms with Crippen LogP contribution in [0.15, 0.2) is 51.7 Å². The van der Waals surface area contributed by atoms with Crippen molar-refractivity contribution in [2.24, 2.45) is 0 Å². The molecule has 0 aliphatic rings. The molecule has 1 aromatic heterocycles. The molecule has 3 rings (SSSR count). The van der Waals surface area contributed by atoms with Gasteiger partial charge >= 0.3 is 11.7 Å². The normalized spacial score (nSPS) is 10.6. The van der Waals surface area contributed by atoms with Gasteiger partial charge in [-0.15, -0.1) is 0 Å². The first kappa shape index (κ1) is 19.1. The summed E-state index contributed by atoms with van der Waals surface area (Å²) in [5, 5.41) is 7.53. The fourth-order valence-electron chi connectivity index (χ4n) is 2.59. The van der Waals surface area contributed by atoms with Gasteiger partial charge in [-0.3, -0.25) is 5.32 Å². The Labute approximate surface area is 165 Å². The number of hydrogen-bond acceptors (Lipinski definition) is 5. The van der Waals surface area contributed by atoms with Crippen LogP contribution in [0.4, 0.5) is 16.2 Å². The van der Waals surface area contributed by atoms with Crippen molar-refractivity contribution in [1.82, 2.24) is 0 Å². The Kier molecular flexibility index (Phi) is 5.88. The van der Waals surface area contributed by atoms with E-state index in [0.717, 1.165) is 16.6 Å². The number of carbonyl (C=O) groups excluding carboxylic acids is 1. The van der Waals surface area contributed by atoms with Crippen molar-refractivity contribution in [2.75, 3.05) is 17.2 Å². The summed E-state index contributed by atoms with van der Waals surface area (Å²) in [4.78, 5) is 23.5. The maximum Gasteiger partial charge on any atom is 0.411 e. The molecule has 3 aromatic rings. The summed E-state index contributed by atoms with van der Waals surface area (Å²) in [6, 6.07) is 11.6. The molecule has 1 amide bonds. The number of halogens is 2. The summed E-state index contributed by atoms with van der Waals surface area (Å²) >= 11 is 12.0. The van der Waals surface area contributed by atoms with Crippen molar-refractivity contribution in [3.63, 3.8) is 0 Å². The van der Waals surface area contributed by atoms with Gasteiger partial charge in [0.15, 0.2) is 0 Å². The van der Waals surface area contributed by atoms with E-state index in [1.165, 1.54) is 6.07 Å². The summed E-state index contributed by atoms with van der Waals surface area (Å²) in [5.41, 5.74) is 1.81. The highest BCUT2D eigenvalue weighted by atomic mass is 35.5. The van der Waals surface area contributed by atoms with Crippen LogP contribution in [-0.4, -0.2) is 12.7 Å². The molecular weight excluding hydrogens is 391 g/mol. The number of ether oxygens (including phenoxy) is 1. The minimum absolute atomic E-state index is 0.262. The fraction of sp³-hybridized carbons (Fsp3) is 0.158. The number of benzene rings is 2. The minimum Gasteiger partial charge on any atom is -0.450 e. The van der Waals surface area contributed by atoms with Crippen molar-refractivity contribution in [3.05, 3.63) is 68.5 Å². The average Bonchev–Trinajstić information content (AvgIpc) is 2.58. The van der Waals surface area contributed by atoms with E-state index < -0.39 is 11.7 Å². The van der Waals surface area contributed by atoms with Gasteiger partial charge in [0.2, 0.25) is 0 Å². The van der Waals surface area contributed by atoms with E-state index in [1.807, 2.05) is 0 Å². The summed E-state index contributed by atoms with van der Waals surface area (Å²) < 4.78 is 10.1. The van der Waals surface area contributed by atoms with Gasteiger partial charge in [0.1, 0.15) is 5.58 Å². The third-order valence-corrected chi connectivity index (χ3v) is 4.13. The van der Waals surface area contributed by atoms with Gasteiger partial charge in [-0.25, -0.2) is 9.59 Å². The second kappa shape index (κ2) is 8.33. The average molecular weight is 407 g/mol. The van der Waals surface area contributed by atoms with E-state index >= 15 is 0 Å². The second-order valence-corrected chi connectivity index (χ2v) is 6.53. The molecule has 6 nitrogen and oxygen atoms in total. The Hall–Kier alpha value is -2.70. The van der Waals surface area contributed by atoms with Gasteiger partial charge in [0.05, 0.1) is 6.61 Å². The van der Waals surface area contributed by atoms with Gasteiger partial charge in [0, 0.05) is 45.5 Å². The zero-order valence-electron chi connectivity index (χ0n) is 14.3. The first-order valence-corrected chi connectivity index (χ1v) is 8.90. The molecule has 0 radical (unpaired) electrons. The Bertz CT molecular complexity index is 1030. The molecule has 0 saturated heterocycles. The van der Waals surface area contributed by atoms with E-state index in [0.29, 0.717) is 27.9 Å². The van der Waals surface area contributed by atoms with E-state index in [4.69, 9.17) is 32.4 Å². The molecule has 0 atom stereocenters. The van der Waals surface area contributed by atoms with Gasteiger partial charge in [-0.1, -0.05) is 23.2 Å². The van der Waals surface area contributed by atoms with Gasteiger partial charge < -0.3 is 14.5 Å². The summed E-state index contributed by atoms with van der Waals surface area (Å²) in [6.45, 7) is 2.34. The molecule has 1 heterocycles. The first-order chi connectivity index (χ1) is 12.9. The number of carbonyl (C=O) groups is 1. The lowest BCUT2D eigenvalue weighted by Gasteiger charge is -2.11. The molecule has 2 N–H and O–H groups in total. The minimum atomic E-state index is -0.574. The Balaban J connectivity index is 1.86. The van der Waals surface area contributed by atoms with Crippen LogP contribution in [0.25, 0.3) is 11.0 Å². The van der Waals surface area contributed by atoms with E-state index in [2.05, 4.69) is 10.6 Å². The van der Waals surface area contributed by atoms with Gasteiger partial charge in [-0.05, 0) is 42.8 Å². The van der Waals surface area contributed by atoms with Crippen LogP contribution in [0, 0.1) is 0 Å². The molecule has 140 valence electrons. The molecule has 0 fully saturated rings. The molecule has 2 aromatic carbocycles. The molecule has 0 saturated carbocycles. The highest BCUT2D eigenvalue weighted by Gasteiger charge is 2.09. The van der Waals surface area contributed by atoms with Crippen LogP contribution in [0.5, 0.6) is 0 Å². The summed E-state index contributed by atoms with van der Waals surface area (Å²) in [6.07, 6.45) is -0.574. The van der Waals surface area contributed by atoms with E-state index in [9.17, 15) is 9.59 Å². The Morgan fingerprint density at radius 3 is 2.52 bits per heavy atom. The van der Waals surface area contributed by atoms with Crippen molar-refractivity contribution < 1.29 is 13.9 Å². The molecule has 0 unspecified atom stereocenters. The standard InChI is InChI=1S/C19H16Cl2N2O4/c1-2-26-19(25)23-14-3-4-16-11(5-18(24)27-17(16)9-14)10-22-15-7-12(20)6-13(21)8-15/h3-9,22H,2,10H2,1H3,(H,23,25). The number of hydrogen-bond donors (Lipinski definition) is 2. The van der Waals surface area contributed by atoms with Crippen LogP contribution in [0.3, 0.4) is 0 Å². The zero-order chi connectivity index (χ0) is 19.4. The molecule has 0 spiro atoms. The molecule has 0 aliphatic carbocycles. The second-order valence-electron chi connectivity index (χ2n) is 5.66. The first-order valence-electron chi connectivity index (χ1n) is 8.15. The van der Waals surface area contributed by atoms with Crippen LogP contribution >= 0.6 is 23.2 Å². The molecule has 8 heteroatoms. The van der Waals surface area contributed by atoms with Gasteiger partial charge in [0.25, 0.3) is 0 Å². The highest BCUT2D eigenvalue weighted by molar-refractivity contribution is 6.35. The van der Waals surface area contributed by atoms with Gasteiger partial charge in [-0.2, -0.15) is 0 Å². The van der Waals surface area contributed by atoms with Crippen LogP contribution in [-0.2, 0) is 11.3 Å². The van der Waals surface area contributed by atoms with Crippen LogP contribution in [0.2, 0.25) is 10.0 Å². The number of nitrogens with one attached hydrogen (secondary N) is 2. The predicted octanol–water partition coefficient (Wildman–Crippen LogP) is 5.28. The Morgan fingerprint density at radius 1 is 1.07 bits per heavy atom. The lowest BCUT2D eigenvalue weighted by Crippen LogP contribution is -2.13. The molecular formula is C19H16Cl2N2O4. The molecule has 27 heavy (non-hydrogen) atoms. The van der Waals surface area contributed by atoms with Crippen molar-refractivity contribution in [2.45, 2.75) is 13.5 Å². The lowest BCUT2D eigenvalue weighted by atomic mass is 10.1. The quantitative estimate of drug-likeness (QED) is 0.563. The third kappa shape index (κ3) is 4.93. The SMILES string of the molecule is CCOC(=O)Nc1ccc2c(CNc3cc(Cl)cc(Cl)c3)cc(=O)oc2c1. The van der Waals surface area contributed by atoms with Crippen molar-refractivity contribution >= 4 is 51.6 Å². The topological polar surface area (TPSA) is 80.6 Å². The lowest BCUT2D eigenvalue weighted by molar-refractivity contribution is 0.168. The highest BCUT2D eigenvalue weighted by Crippen LogP contribution is 2.25. The van der Waals surface area contributed by atoms with Crippen LogP contribution in [0.1, 0.15) is 12.5 Å². The maximum atomic E-state index is 11.9. The predicted molar refractivity (Wildman–Crippen MR) is 107 cm³/mol. The number of amides is 1. The number of rotatable bonds is 5. The monoisotopic (exact) mass is 406 g/mol. The molecule has 0 aliphatic heterocycles. The van der Waals surface area contributed by atoms with Crippen molar-refractivity contribution in [3.8, 4) is 0 Å². The number of anilines is 2. The summed E-state index contributed by atoms with van der Waals surface area (Å²) in [5.74, 6) is 0. The summed E-state index contributed by atoms with van der Waals surface area (Å²) in [7, 11) is 0.